The fourth-order valence-corrected chi connectivity index (χ4v) is 2.14. The van der Waals surface area contributed by atoms with Crippen LogP contribution in [0.3, 0.4) is 0 Å². The van der Waals surface area contributed by atoms with Crippen LogP contribution in [0.1, 0.15) is 24.1 Å². The molecule has 0 aliphatic carbocycles. The van der Waals surface area contributed by atoms with Crippen LogP contribution >= 0.6 is 0 Å². The van der Waals surface area contributed by atoms with Crippen LogP contribution in [0.4, 0.5) is 0 Å². The van der Waals surface area contributed by atoms with Crippen LogP contribution in [0.2, 0.25) is 0 Å². The summed E-state index contributed by atoms with van der Waals surface area (Å²) in [5.41, 5.74) is 2.50. The first-order valence-electron chi connectivity index (χ1n) is 6.59. The maximum atomic E-state index is 5.18. The van der Waals surface area contributed by atoms with Gasteiger partial charge in [0.25, 0.3) is 0 Å². The third-order valence-corrected chi connectivity index (χ3v) is 3.32. The number of aromatic nitrogens is 2. The van der Waals surface area contributed by atoms with Crippen molar-refractivity contribution in [3.63, 3.8) is 0 Å². The largest absolute Gasteiger partial charge is 0.497 e. The molecule has 4 nitrogen and oxygen atoms in total. The average Bonchev–Trinajstić information content (AvgIpc) is 2.92. The molecule has 1 unspecified atom stereocenters. The van der Waals surface area contributed by atoms with Gasteiger partial charge in [-0.05, 0) is 43.7 Å². The highest BCUT2D eigenvalue weighted by atomic mass is 16.5. The summed E-state index contributed by atoms with van der Waals surface area (Å²) in [6, 6.07) is 8.49. The third kappa shape index (κ3) is 3.35. The Bertz CT molecular complexity index is 504. The highest BCUT2D eigenvalue weighted by Crippen LogP contribution is 2.20. The monoisotopic (exact) mass is 259 g/mol. The lowest BCUT2D eigenvalue weighted by atomic mass is 10.0. The standard InChI is InChI=1S/C15H21N3O/c1-4-18-11-12(10-17-18)9-15(16-2)13-5-7-14(19-3)8-6-13/h5-8,10-11,15-16H,4,9H2,1-3H3. The Morgan fingerprint density at radius 1 is 1.32 bits per heavy atom. The first kappa shape index (κ1) is 13.6. The van der Waals surface area contributed by atoms with E-state index in [-0.39, 0.29) is 0 Å². The van der Waals surface area contributed by atoms with Gasteiger partial charge in [0.1, 0.15) is 5.75 Å². The molecule has 1 N–H and O–H groups in total. The molecule has 19 heavy (non-hydrogen) atoms. The molecule has 0 amide bonds. The van der Waals surface area contributed by atoms with Crippen molar-refractivity contribution >= 4 is 0 Å². The second-order valence-electron chi connectivity index (χ2n) is 4.52. The number of hydrogen-bond donors (Lipinski definition) is 1. The fraction of sp³-hybridized carbons (Fsp3) is 0.400. The van der Waals surface area contributed by atoms with E-state index >= 15 is 0 Å². The molecule has 1 heterocycles. The van der Waals surface area contributed by atoms with E-state index in [4.69, 9.17) is 4.74 Å². The van der Waals surface area contributed by atoms with E-state index in [0.29, 0.717) is 6.04 Å². The van der Waals surface area contributed by atoms with Gasteiger partial charge in [0.15, 0.2) is 0 Å². The number of ether oxygens (including phenoxy) is 1. The molecule has 0 aliphatic heterocycles. The van der Waals surface area contributed by atoms with Crippen LogP contribution < -0.4 is 10.1 Å². The van der Waals surface area contributed by atoms with Crippen LogP contribution in [0.15, 0.2) is 36.7 Å². The van der Waals surface area contributed by atoms with E-state index in [1.807, 2.05) is 30.1 Å². The summed E-state index contributed by atoms with van der Waals surface area (Å²) in [6.07, 6.45) is 4.98. The van der Waals surface area contributed by atoms with E-state index in [0.717, 1.165) is 18.7 Å². The molecular weight excluding hydrogens is 238 g/mol. The van der Waals surface area contributed by atoms with Crippen molar-refractivity contribution < 1.29 is 4.74 Å². The van der Waals surface area contributed by atoms with Gasteiger partial charge in [-0.25, -0.2) is 0 Å². The summed E-state index contributed by atoms with van der Waals surface area (Å²) in [5.74, 6) is 0.886. The van der Waals surface area contributed by atoms with Crippen molar-refractivity contribution in [1.82, 2.24) is 15.1 Å². The lowest BCUT2D eigenvalue weighted by Crippen LogP contribution is -2.18. The lowest BCUT2D eigenvalue weighted by Gasteiger charge is -2.16. The van der Waals surface area contributed by atoms with E-state index in [1.54, 1.807) is 7.11 Å². The minimum Gasteiger partial charge on any atom is -0.497 e. The van der Waals surface area contributed by atoms with Gasteiger partial charge in [-0.2, -0.15) is 5.10 Å². The Morgan fingerprint density at radius 3 is 2.58 bits per heavy atom. The molecule has 102 valence electrons. The van der Waals surface area contributed by atoms with Crippen molar-refractivity contribution in [3.05, 3.63) is 47.8 Å². The molecular formula is C15H21N3O. The Kier molecular flexibility index (Phi) is 4.58. The molecule has 1 aromatic carbocycles. The predicted octanol–water partition coefficient (Wildman–Crippen LogP) is 2.41. The third-order valence-electron chi connectivity index (χ3n) is 3.32. The Balaban J connectivity index is 2.10. The minimum atomic E-state index is 0.292. The van der Waals surface area contributed by atoms with Crippen LogP contribution in [-0.4, -0.2) is 23.9 Å². The minimum absolute atomic E-state index is 0.292. The van der Waals surface area contributed by atoms with Crippen LogP contribution in [0.5, 0.6) is 5.75 Å². The maximum Gasteiger partial charge on any atom is 0.118 e. The van der Waals surface area contributed by atoms with Gasteiger partial charge < -0.3 is 10.1 Å². The zero-order chi connectivity index (χ0) is 13.7. The Morgan fingerprint density at radius 2 is 2.05 bits per heavy atom. The lowest BCUT2D eigenvalue weighted by molar-refractivity contribution is 0.414. The number of nitrogens with one attached hydrogen (secondary N) is 1. The van der Waals surface area contributed by atoms with Gasteiger partial charge in [0.05, 0.1) is 13.3 Å². The highest BCUT2D eigenvalue weighted by Gasteiger charge is 2.11. The summed E-state index contributed by atoms with van der Waals surface area (Å²) < 4.78 is 7.14. The molecule has 2 aromatic rings. The fourth-order valence-electron chi connectivity index (χ4n) is 2.14. The van der Waals surface area contributed by atoms with Crippen molar-refractivity contribution in [1.29, 1.82) is 0 Å². The van der Waals surface area contributed by atoms with Crippen molar-refractivity contribution in [3.8, 4) is 5.75 Å². The Labute approximate surface area is 114 Å². The SMILES string of the molecule is CCn1cc(CC(NC)c2ccc(OC)cc2)cn1. The van der Waals surface area contributed by atoms with E-state index in [2.05, 4.69) is 35.7 Å². The van der Waals surface area contributed by atoms with Gasteiger partial charge >= 0.3 is 0 Å². The topological polar surface area (TPSA) is 39.1 Å². The quantitative estimate of drug-likeness (QED) is 0.866. The molecule has 4 heteroatoms. The van der Waals surface area contributed by atoms with Gasteiger partial charge in [-0.1, -0.05) is 12.1 Å². The molecule has 0 spiro atoms. The zero-order valence-corrected chi connectivity index (χ0v) is 11.8. The van der Waals surface area contributed by atoms with Gasteiger partial charge in [-0.15, -0.1) is 0 Å². The molecule has 2 rings (SSSR count). The maximum absolute atomic E-state index is 5.18. The van der Waals surface area contributed by atoms with Crippen LogP contribution in [0.25, 0.3) is 0 Å². The van der Waals surface area contributed by atoms with Crippen molar-refractivity contribution in [2.24, 2.45) is 0 Å². The molecule has 0 saturated heterocycles. The molecule has 1 aromatic heterocycles. The Hall–Kier alpha value is -1.81. The number of benzene rings is 1. The summed E-state index contributed by atoms with van der Waals surface area (Å²) in [5, 5.41) is 7.67. The molecule has 0 radical (unpaired) electrons. The first-order valence-corrected chi connectivity index (χ1v) is 6.59. The van der Waals surface area contributed by atoms with Crippen LogP contribution in [0, 0.1) is 0 Å². The van der Waals surface area contributed by atoms with Crippen molar-refractivity contribution in [2.45, 2.75) is 25.9 Å². The molecule has 0 fully saturated rings. The van der Waals surface area contributed by atoms with E-state index < -0.39 is 0 Å². The molecule has 0 bridgehead atoms. The number of likely N-dealkylation sites (N-methyl/N-ethyl adjacent to an activating group) is 1. The molecule has 0 saturated carbocycles. The number of methoxy groups -OCH3 is 1. The smallest absolute Gasteiger partial charge is 0.118 e. The number of hydrogen-bond acceptors (Lipinski definition) is 3. The number of nitrogens with zero attached hydrogens (tertiary/aromatic N) is 2. The van der Waals surface area contributed by atoms with Crippen molar-refractivity contribution in [2.75, 3.05) is 14.2 Å². The summed E-state index contributed by atoms with van der Waals surface area (Å²) in [6.45, 7) is 3.00. The second kappa shape index (κ2) is 6.38. The van der Waals surface area contributed by atoms with Gasteiger partial charge in [-0.3, -0.25) is 4.68 Å². The normalized spacial score (nSPS) is 12.4. The predicted molar refractivity (Wildman–Crippen MR) is 76.4 cm³/mol. The highest BCUT2D eigenvalue weighted by molar-refractivity contribution is 5.30. The molecule has 1 atom stereocenters. The van der Waals surface area contributed by atoms with E-state index in [1.165, 1.54) is 11.1 Å². The summed E-state index contributed by atoms with van der Waals surface area (Å²) >= 11 is 0. The average molecular weight is 259 g/mol. The van der Waals surface area contributed by atoms with Gasteiger partial charge in [0, 0.05) is 18.8 Å². The first-order chi connectivity index (χ1) is 9.26. The summed E-state index contributed by atoms with van der Waals surface area (Å²) in [7, 11) is 3.67. The van der Waals surface area contributed by atoms with Gasteiger partial charge in [0.2, 0.25) is 0 Å². The second-order valence-corrected chi connectivity index (χ2v) is 4.52. The number of rotatable bonds is 6. The van der Waals surface area contributed by atoms with E-state index in [9.17, 15) is 0 Å². The number of aryl methyl sites for hydroxylation is 1. The molecule has 0 aliphatic rings. The van der Waals surface area contributed by atoms with Crippen LogP contribution in [-0.2, 0) is 13.0 Å². The summed E-state index contributed by atoms with van der Waals surface area (Å²) in [4.78, 5) is 0. The zero-order valence-electron chi connectivity index (χ0n) is 11.8.